The molecule has 1 N–H and O–H groups in total. The van der Waals surface area contributed by atoms with Gasteiger partial charge in [-0.25, -0.2) is 4.98 Å². The molecule has 3 nitrogen and oxygen atoms in total. The number of fused-ring (bicyclic) bond motifs is 1. The molecule has 0 aliphatic heterocycles. The van der Waals surface area contributed by atoms with Crippen molar-refractivity contribution in [2.24, 2.45) is 0 Å². The van der Waals surface area contributed by atoms with Gasteiger partial charge in [-0.05, 0) is 34.7 Å². The summed E-state index contributed by atoms with van der Waals surface area (Å²) in [6.45, 7) is -0.00222. The monoisotopic (exact) mass is 274 g/mol. The van der Waals surface area contributed by atoms with Crippen LogP contribution in [0.3, 0.4) is 0 Å². The summed E-state index contributed by atoms with van der Waals surface area (Å²) in [5.74, 6) is 0. The lowest BCUT2D eigenvalue weighted by Gasteiger charge is -1.93. The number of pyridine rings is 1. The molecule has 2 heterocycles. The first kappa shape index (κ1) is 8.00. The van der Waals surface area contributed by atoms with E-state index in [4.69, 9.17) is 5.11 Å². The van der Waals surface area contributed by atoms with Gasteiger partial charge in [0.15, 0.2) is 0 Å². The summed E-state index contributed by atoms with van der Waals surface area (Å²) >= 11 is 2.23. The summed E-state index contributed by atoms with van der Waals surface area (Å²) in [6, 6.07) is 5.86. The molecular weight excluding hydrogens is 267 g/mol. The predicted octanol–water partition coefficient (Wildman–Crippen LogP) is 1.43. The molecule has 0 saturated heterocycles. The number of aliphatic hydroxyl groups excluding tert-OH is 1. The van der Waals surface area contributed by atoms with Crippen LogP contribution in [-0.4, -0.2) is 14.5 Å². The van der Waals surface area contributed by atoms with Crippen molar-refractivity contribution in [3.05, 3.63) is 33.8 Å². The van der Waals surface area contributed by atoms with Crippen molar-refractivity contribution in [1.29, 1.82) is 0 Å². The molecule has 0 atom stereocenters. The second-order valence-electron chi connectivity index (χ2n) is 2.47. The third-order valence-corrected chi connectivity index (χ3v) is 2.53. The Morgan fingerprint density at radius 3 is 3.00 bits per heavy atom. The molecular formula is C8H7IN2O. The smallest absolute Gasteiger partial charge is 0.137 e. The highest BCUT2D eigenvalue weighted by atomic mass is 127. The van der Waals surface area contributed by atoms with Gasteiger partial charge in [0.05, 0.1) is 16.0 Å². The van der Waals surface area contributed by atoms with Gasteiger partial charge in [-0.1, -0.05) is 6.07 Å². The normalized spacial score (nSPS) is 10.8. The first-order valence-corrected chi connectivity index (χ1v) is 4.62. The highest BCUT2D eigenvalue weighted by Gasteiger charge is 2.00. The van der Waals surface area contributed by atoms with Crippen LogP contribution in [0.1, 0.15) is 5.69 Å². The number of hydrogen-bond donors (Lipinski definition) is 1. The average Bonchev–Trinajstić information content (AvgIpc) is 2.49. The zero-order valence-corrected chi connectivity index (χ0v) is 8.39. The zero-order valence-electron chi connectivity index (χ0n) is 6.24. The van der Waals surface area contributed by atoms with Gasteiger partial charge in [-0.2, -0.15) is 0 Å². The fourth-order valence-corrected chi connectivity index (χ4v) is 1.70. The molecule has 0 radical (unpaired) electrons. The highest BCUT2D eigenvalue weighted by Crippen LogP contribution is 2.10. The standard InChI is InChI=1S/C8H7IN2O/c9-7-2-1-3-8-10-6(5-12)4-11(7)8/h1-4,12H,5H2. The fraction of sp³-hybridized carbons (Fsp3) is 0.125. The molecule has 4 heteroatoms. The van der Waals surface area contributed by atoms with Gasteiger partial charge in [0.2, 0.25) is 0 Å². The van der Waals surface area contributed by atoms with E-state index < -0.39 is 0 Å². The van der Waals surface area contributed by atoms with Crippen molar-refractivity contribution in [3.8, 4) is 0 Å². The van der Waals surface area contributed by atoms with Crippen molar-refractivity contribution in [1.82, 2.24) is 9.38 Å². The first-order valence-electron chi connectivity index (χ1n) is 3.54. The van der Waals surface area contributed by atoms with Gasteiger partial charge in [0.1, 0.15) is 5.65 Å². The van der Waals surface area contributed by atoms with Gasteiger partial charge in [-0.15, -0.1) is 0 Å². The van der Waals surface area contributed by atoms with Crippen LogP contribution in [0.4, 0.5) is 0 Å². The molecule has 62 valence electrons. The van der Waals surface area contributed by atoms with E-state index in [2.05, 4.69) is 27.6 Å². The van der Waals surface area contributed by atoms with E-state index in [0.29, 0.717) is 5.69 Å². The lowest BCUT2D eigenvalue weighted by molar-refractivity contribution is 0.277. The minimum atomic E-state index is -0.00222. The lowest BCUT2D eigenvalue weighted by atomic mass is 10.5. The van der Waals surface area contributed by atoms with Crippen molar-refractivity contribution in [3.63, 3.8) is 0 Å². The summed E-state index contributed by atoms with van der Waals surface area (Å²) in [7, 11) is 0. The molecule has 0 aliphatic carbocycles. The Kier molecular flexibility index (Phi) is 2.02. The number of nitrogens with zero attached hydrogens (tertiary/aromatic N) is 2. The molecule has 0 amide bonds. The van der Waals surface area contributed by atoms with Gasteiger partial charge < -0.3 is 5.11 Å². The molecule has 0 unspecified atom stereocenters. The summed E-state index contributed by atoms with van der Waals surface area (Å²) in [5, 5.41) is 8.85. The number of imidazole rings is 1. The third-order valence-electron chi connectivity index (χ3n) is 1.65. The number of aromatic nitrogens is 2. The second-order valence-corrected chi connectivity index (χ2v) is 3.57. The summed E-state index contributed by atoms with van der Waals surface area (Å²) < 4.78 is 3.05. The van der Waals surface area contributed by atoms with E-state index in [1.54, 1.807) is 0 Å². The molecule has 0 fully saturated rings. The topological polar surface area (TPSA) is 37.5 Å². The average molecular weight is 274 g/mol. The van der Waals surface area contributed by atoms with E-state index in [1.807, 2.05) is 28.8 Å². The molecule has 2 rings (SSSR count). The Balaban J connectivity index is 2.74. The number of halogens is 1. The predicted molar refractivity (Wildman–Crippen MR) is 53.8 cm³/mol. The van der Waals surface area contributed by atoms with E-state index in [9.17, 15) is 0 Å². The van der Waals surface area contributed by atoms with Crippen LogP contribution < -0.4 is 0 Å². The third kappa shape index (κ3) is 1.21. The summed E-state index contributed by atoms with van der Waals surface area (Å²) in [4.78, 5) is 4.20. The van der Waals surface area contributed by atoms with E-state index >= 15 is 0 Å². The maximum absolute atomic E-state index is 8.85. The molecule has 12 heavy (non-hydrogen) atoms. The summed E-state index contributed by atoms with van der Waals surface area (Å²) in [6.07, 6.45) is 1.84. The van der Waals surface area contributed by atoms with Crippen LogP contribution in [0, 0.1) is 3.70 Å². The Morgan fingerprint density at radius 1 is 1.50 bits per heavy atom. The summed E-state index contributed by atoms with van der Waals surface area (Å²) in [5.41, 5.74) is 1.59. The van der Waals surface area contributed by atoms with Crippen molar-refractivity contribution >= 4 is 28.2 Å². The van der Waals surface area contributed by atoms with Gasteiger partial charge in [0.25, 0.3) is 0 Å². The van der Waals surface area contributed by atoms with Gasteiger partial charge in [0, 0.05) is 6.20 Å². The maximum atomic E-state index is 8.85. The lowest BCUT2D eigenvalue weighted by Crippen LogP contribution is -1.86. The molecule has 0 aromatic carbocycles. The molecule has 0 bridgehead atoms. The number of rotatable bonds is 1. The molecule has 2 aromatic heterocycles. The molecule has 0 saturated carbocycles. The Labute approximate surface area is 83.2 Å². The van der Waals surface area contributed by atoms with Crippen LogP contribution >= 0.6 is 22.6 Å². The molecule has 0 spiro atoms. The van der Waals surface area contributed by atoms with Gasteiger partial charge in [-0.3, -0.25) is 4.40 Å². The van der Waals surface area contributed by atoms with E-state index in [-0.39, 0.29) is 6.61 Å². The Morgan fingerprint density at radius 2 is 2.33 bits per heavy atom. The van der Waals surface area contributed by atoms with Crippen LogP contribution in [0.2, 0.25) is 0 Å². The van der Waals surface area contributed by atoms with Crippen LogP contribution in [0.25, 0.3) is 5.65 Å². The Bertz CT molecular complexity index is 410. The fourth-order valence-electron chi connectivity index (χ4n) is 1.10. The number of aliphatic hydroxyl groups is 1. The van der Waals surface area contributed by atoms with Crippen molar-refractivity contribution < 1.29 is 5.11 Å². The van der Waals surface area contributed by atoms with Crippen LogP contribution in [-0.2, 0) is 6.61 Å². The quantitative estimate of drug-likeness (QED) is 0.631. The second kappa shape index (κ2) is 3.02. The zero-order chi connectivity index (χ0) is 8.55. The maximum Gasteiger partial charge on any atom is 0.137 e. The van der Waals surface area contributed by atoms with Crippen molar-refractivity contribution in [2.75, 3.05) is 0 Å². The van der Waals surface area contributed by atoms with E-state index in [1.165, 1.54) is 0 Å². The highest BCUT2D eigenvalue weighted by molar-refractivity contribution is 14.1. The number of hydrogen-bond acceptors (Lipinski definition) is 2. The SMILES string of the molecule is OCc1cn2c(I)cccc2n1. The molecule has 2 aromatic rings. The first-order chi connectivity index (χ1) is 5.81. The Hall–Kier alpha value is -0.620. The van der Waals surface area contributed by atoms with E-state index in [0.717, 1.165) is 9.35 Å². The molecule has 0 aliphatic rings. The largest absolute Gasteiger partial charge is 0.390 e. The minimum Gasteiger partial charge on any atom is -0.390 e. The van der Waals surface area contributed by atoms with Crippen molar-refractivity contribution in [2.45, 2.75) is 6.61 Å². The van der Waals surface area contributed by atoms with Gasteiger partial charge >= 0.3 is 0 Å². The minimum absolute atomic E-state index is 0.00222. The van der Waals surface area contributed by atoms with Crippen LogP contribution in [0.5, 0.6) is 0 Å². The van der Waals surface area contributed by atoms with Crippen LogP contribution in [0.15, 0.2) is 24.4 Å².